The molecule has 2 aromatic carbocycles. The third-order valence-electron chi connectivity index (χ3n) is 3.12. The van der Waals surface area contributed by atoms with Crippen LogP contribution in [-0.2, 0) is 6.18 Å². The lowest BCUT2D eigenvalue weighted by Gasteiger charge is -2.10. The van der Waals surface area contributed by atoms with E-state index in [9.17, 15) is 22.8 Å². The maximum absolute atomic E-state index is 12.6. The van der Waals surface area contributed by atoms with Crippen molar-refractivity contribution in [3.8, 4) is 0 Å². The maximum Gasteiger partial charge on any atom is 0.416 e. The molecule has 0 unspecified atom stereocenters. The summed E-state index contributed by atoms with van der Waals surface area (Å²) in [5, 5.41) is 2.39. The molecule has 0 aliphatic rings. The summed E-state index contributed by atoms with van der Waals surface area (Å²) in [5.41, 5.74) is 0.461. The van der Waals surface area contributed by atoms with E-state index in [1.165, 1.54) is 24.3 Å². The molecular formula is C16H12F3NO2. The van der Waals surface area contributed by atoms with Gasteiger partial charge in [-0.05, 0) is 42.8 Å². The van der Waals surface area contributed by atoms with Crippen LogP contribution in [0.5, 0.6) is 0 Å². The Labute approximate surface area is 124 Å². The predicted octanol–water partition coefficient (Wildman–Crippen LogP) is 4.08. The van der Waals surface area contributed by atoms with Crippen LogP contribution in [0.2, 0.25) is 0 Å². The van der Waals surface area contributed by atoms with Crippen molar-refractivity contribution in [2.24, 2.45) is 0 Å². The molecule has 114 valence electrons. The number of benzene rings is 2. The standard InChI is InChI=1S/C16H12F3NO2/c1-10-5-6-11(7-12(10)9-21)15(22)20-14-4-2-3-13(8-14)16(17,18)19/h2-9H,1H3,(H,20,22). The number of hydrogen-bond donors (Lipinski definition) is 1. The molecule has 0 saturated heterocycles. The number of aryl methyl sites for hydroxylation is 1. The fraction of sp³-hybridized carbons (Fsp3) is 0.125. The smallest absolute Gasteiger partial charge is 0.322 e. The molecule has 0 spiro atoms. The van der Waals surface area contributed by atoms with Crippen LogP contribution >= 0.6 is 0 Å². The van der Waals surface area contributed by atoms with Crippen molar-refractivity contribution in [1.29, 1.82) is 0 Å². The molecule has 1 N–H and O–H groups in total. The molecule has 0 saturated carbocycles. The molecule has 0 aromatic heterocycles. The Bertz CT molecular complexity index is 724. The normalized spacial score (nSPS) is 11.1. The fourth-order valence-electron chi connectivity index (χ4n) is 1.89. The van der Waals surface area contributed by atoms with Gasteiger partial charge in [0.1, 0.15) is 6.29 Å². The minimum atomic E-state index is -4.48. The average molecular weight is 307 g/mol. The first kappa shape index (κ1) is 15.8. The highest BCUT2D eigenvalue weighted by Gasteiger charge is 2.30. The topological polar surface area (TPSA) is 46.2 Å². The van der Waals surface area contributed by atoms with Gasteiger partial charge < -0.3 is 5.32 Å². The van der Waals surface area contributed by atoms with Gasteiger partial charge in [-0.25, -0.2) is 0 Å². The minimum absolute atomic E-state index is 0.0352. The summed E-state index contributed by atoms with van der Waals surface area (Å²) in [7, 11) is 0. The molecule has 0 bridgehead atoms. The first-order valence-electron chi connectivity index (χ1n) is 6.35. The monoisotopic (exact) mass is 307 g/mol. The van der Waals surface area contributed by atoms with Crippen LogP contribution in [0.1, 0.15) is 31.8 Å². The van der Waals surface area contributed by atoms with Crippen LogP contribution in [0.4, 0.5) is 18.9 Å². The number of anilines is 1. The predicted molar refractivity (Wildman–Crippen MR) is 76.0 cm³/mol. The quantitative estimate of drug-likeness (QED) is 0.869. The summed E-state index contributed by atoms with van der Waals surface area (Å²) in [6, 6.07) is 8.85. The number of aldehydes is 1. The summed E-state index contributed by atoms with van der Waals surface area (Å²) in [4.78, 5) is 22.9. The van der Waals surface area contributed by atoms with E-state index in [1.807, 2.05) is 0 Å². The van der Waals surface area contributed by atoms with E-state index in [0.29, 0.717) is 17.4 Å². The fourth-order valence-corrected chi connectivity index (χ4v) is 1.89. The van der Waals surface area contributed by atoms with Gasteiger partial charge in [0.15, 0.2) is 0 Å². The van der Waals surface area contributed by atoms with E-state index in [0.717, 1.165) is 12.1 Å². The van der Waals surface area contributed by atoms with Crippen molar-refractivity contribution >= 4 is 17.9 Å². The molecule has 0 fully saturated rings. The third-order valence-corrected chi connectivity index (χ3v) is 3.12. The van der Waals surface area contributed by atoms with Gasteiger partial charge in [-0.1, -0.05) is 12.1 Å². The number of rotatable bonds is 3. The zero-order valence-corrected chi connectivity index (χ0v) is 11.6. The summed E-state index contributed by atoms with van der Waals surface area (Å²) < 4.78 is 37.9. The number of halogens is 3. The van der Waals surface area contributed by atoms with E-state index in [4.69, 9.17) is 0 Å². The molecule has 0 radical (unpaired) electrons. The average Bonchev–Trinajstić information content (AvgIpc) is 2.47. The van der Waals surface area contributed by atoms with Crippen molar-refractivity contribution in [3.63, 3.8) is 0 Å². The van der Waals surface area contributed by atoms with Crippen molar-refractivity contribution in [3.05, 3.63) is 64.7 Å². The number of hydrogen-bond acceptors (Lipinski definition) is 2. The summed E-state index contributed by atoms with van der Waals surface area (Å²) in [5.74, 6) is -0.581. The molecule has 3 nitrogen and oxygen atoms in total. The molecule has 0 aliphatic carbocycles. The Balaban J connectivity index is 2.24. The van der Waals surface area contributed by atoms with Gasteiger partial charge in [-0.2, -0.15) is 13.2 Å². The number of nitrogens with one attached hydrogen (secondary N) is 1. The van der Waals surface area contributed by atoms with Gasteiger partial charge in [0.2, 0.25) is 0 Å². The number of alkyl halides is 3. The second-order valence-electron chi connectivity index (χ2n) is 4.72. The Morgan fingerprint density at radius 3 is 2.50 bits per heavy atom. The maximum atomic E-state index is 12.6. The highest BCUT2D eigenvalue weighted by Crippen LogP contribution is 2.30. The number of amides is 1. The highest BCUT2D eigenvalue weighted by atomic mass is 19.4. The van der Waals surface area contributed by atoms with E-state index >= 15 is 0 Å². The van der Waals surface area contributed by atoms with Gasteiger partial charge in [-0.15, -0.1) is 0 Å². The highest BCUT2D eigenvalue weighted by molar-refractivity contribution is 6.05. The first-order chi connectivity index (χ1) is 10.3. The van der Waals surface area contributed by atoms with E-state index in [1.54, 1.807) is 13.0 Å². The molecule has 1 amide bonds. The second-order valence-corrected chi connectivity index (χ2v) is 4.72. The van der Waals surface area contributed by atoms with Gasteiger partial charge in [0.05, 0.1) is 5.56 Å². The number of carbonyl (C=O) groups is 2. The van der Waals surface area contributed by atoms with E-state index in [-0.39, 0.29) is 11.3 Å². The van der Waals surface area contributed by atoms with Crippen LogP contribution in [-0.4, -0.2) is 12.2 Å². The molecule has 2 rings (SSSR count). The van der Waals surface area contributed by atoms with Crippen LogP contribution in [0, 0.1) is 6.92 Å². The third kappa shape index (κ3) is 3.52. The zero-order chi connectivity index (χ0) is 16.3. The Kier molecular flexibility index (Phi) is 4.30. The van der Waals surface area contributed by atoms with E-state index in [2.05, 4.69) is 5.32 Å². The Hall–Kier alpha value is -2.63. The second kappa shape index (κ2) is 6.01. The van der Waals surface area contributed by atoms with Crippen LogP contribution in [0.15, 0.2) is 42.5 Å². The van der Waals surface area contributed by atoms with Gasteiger partial charge in [-0.3, -0.25) is 9.59 Å². The van der Waals surface area contributed by atoms with Crippen LogP contribution < -0.4 is 5.32 Å². The lowest BCUT2D eigenvalue weighted by atomic mass is 10.1. The molecule has 2 aromatic rings. The minimum Gasteiger partial charge on any atom is -0.322 e. The van der Waals surface area contributed by atoms with Gasteiger partial charge in [0.25, 0.3) is 5.91 Å². The molecular weight excluding hydrogens is 295 g/mol. The first-order valence-corrected chi connectivity index (χ1v) is 6.35. The zero-order valence-electron chi connectivity index (χ0n) is 11.6. The van der Waals surface area contributed by atoms with Crippen molar-refractivity contribution < 1.29 is 22.8 Å². The van der Waals surface area contributed by atoms with Gasteiger partial charge in [0, 0.05) is 16.8 Å². The van der Waals surface area contributed by atoms with E-state index < -0.39 is 17.6 Å². The summed E-state index contributed by atoms with van der Waals surface area (Å²) in [6.07, 6.45) is -3.86. The largest absolute Gasteiger partial charge is 0.416 e. The number of carbonyl (C=O) groups excluding carboxylic acids is 2. The summed E-state index contributed by atoms with van der Waals surface area (Å²) >= 11 is 0. The molecule has 22 heavy (non-hydrogen) atoms. The lowest BCUT2D eigenvalue weighted by molar-refractivity contribution is -0.137. The molecule has 0 heterocycles. The van der Waals surface area contributed by atoms with Crippen molar-refractivity contribution in [2.45, 2.75) is 13.1 Å². The Morgan fingerprint density at radius 1 is 1.14 bits per heavy atom. The van der Waals surface area contributed by atoms with Crippen molar-refractivity contribution in [2.75, 3.05) is 5.32 Å². The molecule has 0 aliphatic heterocycles. The van der Waals surface area contributed by atoms with Crippen LogP contribution in [0.3, 0.4) is 0 Å². The summed E-state index contributed by atoms with van der Waals surface area (Å²) in [6.45, 7) is 1.72. The molecule has 0 atom stereocenters. The lowest BCUT2D eigenvalue weighted by Crippen LogP contribution is -2.13. The van der Waals surface area contributed by atoms with Crippen LogP contribution in [0.25, 0.3) is 0 Å². The SMILES string of the molecule is Cc1ccc(C(=O)Nc2cccc(C(F)(F)F)c2)cc1C=O. The molecule has 6 heteroatoms. The van der Waals surface area contributed by atoms with Gasteiger partial charge >= 0.3 is 6.18 Å². The Morgan fingerprint density at radius 2 is 1.86 bits per heavy atom. The van der Waals surface area contributed by atoms with Crippen molar-refractivity contribution in [1.82, 2.24) is 0 Å².